The number of anilines is 2. The molecule has 4 rings (SSSR count). The van der Waals surface area contributed by atoms with E-state index < -0.39 is 11.4 Å². The number of unbranched alkanes of at least 4 members (excludes halogenated alkanes) is 1. The van der Waals surface area contributed by atoms with Gasteiger partial charge in [0.15, 0.2) is 0 Å². The summed E-state index contributed by atoms with van der Waals surface area (Å²) in [5, 5.41) is 3.33. The van der Waals surface area contributed by atoms with E-state index in [0.717, 1.165) is 40.8 Å². The van der Waals surface area contributed by atoms with Crippen molar-refractivity contribution in [1.29, 1.82) is 0 Å². The van der Waals surface area contributed by atoms with Gasteiger partial charge in [-0.2, -0.15) is 0 Å². The van der Waals surface area contributed by atoms with Crippen LogP contribution in [0.3, 0.4) is 0 Å². The number of amides is 1. The summed E-state index contributed by atoms with van der Waals surface area (Å²) in [6.45, 7) is 7.60. The number of aryl methyl sites for hydroxylation is 1. The lowest BCUT2D eigenvalue weighted by Gasteiger charge is -2.39. The number of halogens is 1. The van der Waals surface area contributed by atoms with Crippen LogP contribution < -0.4 is 24.4 Å². The molecule has 1 heterocycles. The van der Waals surface area contributed by atoms with E-state index in [-0.39, 0.29) is 18.5 Å². The van der Waals surface area contributed by atoms with Crippen molar-refractivity contribution >= 4 is 23.3 Å². The highest BCUT2D eigenvalue weighted by atomic mass is 19.1. The molecule has 1 N–H and O–H groups in total. The van der Waals surface area contributed by atoms with Gasteiger partial charge in [0, 0.05) is 36.7 Å². The molecule has 0 spiro atoms. The number of hydrogen-bond acceptors (Lipinski definition) is 6. The third-order valence-corrected chi connectivity index (χ3v) is 6.86. The van der Waals surface area contributed by atoms with E-state index in [1.54, 1.807) is 37.3 Å². The number of fused-ring (bicyclic) bond motifs is 1. The van der Waals surface area contributed by atoms with Crippen molar-refractivity contribution in [1.82, 2.24) is 0 Å². The second-order valence-electron chi connectivity index (χ2n) is 10.2. The Bertz CT molecular complexity index is 1400. The van der Waals surface area contributed by atoms with Crippen LogP contribution in [-0.4, -0.2) is 31.6 Å². The number of carbonyl (C=O) groups is 2. The SMILES string of the molecule is CCCCC(=O)Oc1ccc(-c2ccc3c(c2COc2cc(F)ccc2C)N(C)C(=O)C(C)(C)N3)c(OC)c1. The summed E-state index contributed by atoms with van der Waals surface area (Å²) in [4.78, 5) is 27.0. The predicted octanol–water partition coefficient (Wildman–Crippen LogP) is 6.65. The minimum absolute atomic E-state index is 0.0689. The molecule has 0 aliphatic carbocycles. The minimum Gasteiger partial charge on any atom is -0.496 e. The molecule has 1 amide bonds. The van der Waals surface area contributed by atoms with E-state index in [9.17, 15) is 14.0 Å². The van der Waals surface area contributed by atoms with Crippen LogP contribution in [0.25, 0.3) is 11.1 Å². The van der Waals surface area contributed by atoms with E-state index in [1.165, 1.54) is 12.1 Å². The van der Waals surface area contributed by atoms with Gasteiger partial charge in [-0.05, 0) is 62.6 Å². The number of rotatable bonds is 9. The molecule has 3 aromatic rings. The van der Waals surface area contributed by atoms with Crippen LogP contribution in [0.2, 0.25) is 0 Å². The summed E-state index contributed by atoms with van der Waals surface area (Å²) in [5.74, 6) is 0.506. The molecule has 0 radical (unpaired) electrons. The summed E-state index contributed by atoms with van der Waals surface area (Å²) in [6.07, 6.45) is 2.00. The number of hydrogen-bond donors (Lipinski definition) is 1. The quantitative estimate of drug-likeness (QED) is 0.245. The van der Waals surface area contributed by atoms with Gasteiger partial charge >= 0.3 is 5.97 Å². The van der Waals surface area contributed by atoms with Gasteiger partial charge in [0.25, 0.3) is 5.91 Å². The highest BCUT2D eigenvalue weighted by Crippen LogP contribution is 2.45. The third-order valence-electron chi connectivity index (χ3n) is 6.86. The van der Waals surface area contributed by atoms with Gasteiger partial charge in [-0.15, -0.1) is 0 Å². The first kappa shape index (κ1) is 28.0. The Morgan fingerprint density at radius 2 is 1.79 bits per heavy atom. The first-order valence-electron chi connectivity index (χ1n) is 13.1. The van der Waals surface area contributed by atoms with E-state index in [2.05, 4.69) is 5.32 Å². The Labute approximate surface area is 228 Å². The van der Waals surface area contributed by atoms with Crippen LogP contribution in [0.4, 0.5) is 15.8 Å². The number of nitrogens with zero attached hydrogens (tertiary/aromatic N) is 1. The molecule has 0 atom stereocenters. The molecule has 0 bridgehead atoms. The molecule has 1 aliphatic rings. The molecule has 1 aliphatic heterocycles. The van der Waals surface area contributed by atoms with Crippen molar-refractivity contribution in [3.05, 3.63) is 65.5 Å². The Morgan fingerprint density at radius 3 is 2.51 bits per heavy atom. The number of likely N-dealkylation sites (N-methyl/N-ethyl adjacent to an activating group) is 1. The zero-order chi connectivity index (χ0) is 28.3. The number of methoxy groups -OCH3 is 1. The third kappa shape index (κ3) is 5.85. The van der Waals surface area contributed by atoms with Gasteiger partial charge in [-0.3, -0.25) is 9.59 Å². The highest BCUT2D eigenvalue weighted by Gasteiger charge is 2.38. The number of ether oxygens (including phenoxy) is 3. The summed E-state index contributed by atoms with van der Waals surface area (Å²) >= 11 is 0. The van der Waals surface area contributed by atoms with Gasteiger partial charge < -0.3 is 24.4 Å². The maximum absolute atomic E-state index is 14.0. The first-order chi connectivity index (χ1) is 18.6. The second-order valence-corrected chi connectivity index (χ2v) is 10.2. The van der Waals surface area contributed by atoms with Crippen LogP contribution in [-0.2, 0) is 16.2 Å². The molecule has 0 unspecified atom stereocenters. The molecule has 39 heavy (non-hydrogen) atoms. The number of benzene rings is 3. The monoisotopic (exact) mass is 534 g/mol. The molecule has 3 aromatic carbocycles. The fourth-order valence-electron chi connectivity index (χ4n) is 4.77. The van der Waals surface area contributed by atoms with Gasteiger partial charge in [-0.25, -0.2) is 4.39 Å². The Hall–Kier alpha value is -4.07. The van der Waals surface area contributed by atoms with Crippen molar-refractivity contribution in [2.75, 3.05) is 24.4 Å². The number of nitrogens with one attached hydrogen (secondary N) is 1. The van der Waals surface area contributed by atoms with Crippen molar-refractivity contribution < 1.29 is 28.2 Å². The van der Waals surface area contributed by atoms with E-state index in [1.807, 2.05) is 45.9 Å². The van der Waals surface area contributed by atoms with Crippen molar-refractivity contribution in [2.24, 2.45) is 0 Å². The zero-order valence-corrected chi connectivity index (χ0v) is 23.3. The molecule has 8 heteroatoms. The Kier molecular flexibility index (Phi) is 8.14. The van der Waals surface area contributed by atoms with Crippen molar-refractivity contribution in [2.45, 2.75) is 59.1 Å². The fraction of sp³-hybridized carbons (Fsp3) is 0.355. The molecule has 0 fully saturated rings. The van der Waals surface area contributed by atoms with Crippen molar-refractivity contribution in [3.63, 3.8) is 0 Å². The van der Waals surface area contributed by atoms with E-state index in [4.69, 9.17) is 14.2 Å². The van der Waals surface area contributed by atoms with E-state index in [0.29, 0.717) is 29.4 Å². The lowest BCUT2D eigenvalue weighted by molar-refractivity contribution is -0.134. The summed E-state index contributed by atoms with van der Waals surface area (Å²) in [5.41, 5.74) is 3.67. The molecular formula is C31H35FN2O5. The first-order valence-corrected chi connectivity index (χ1v) is 13.1. The lowest BCUT2D eigenvalue weighted by Crippen LogP contribution is -2.52. The maximum atomic E-state index is 14.0. The van der Waals surface area contributed by atoms with Crippen LogP contribution in [0, 0.1) is 12.7 Å². The Morgan fingerprint density at radius 1 is 1.05 bits per heavy atom. The van der Waals surface area contributed by atoms with Crippen LogP contribution >= 0.6 is 0 Å². The molecular weight excluding hydrogens is 499 g/mol. The number of esters is 1. The van der Waals surface area contributed by atoms with Gasteiger partial charge in [0.1, 0.15) is 35.2 Å². The standard InChI is InChI=1S/C31H35FN2O5/c1-7-8-9-28(35)39-21-12-13-23(27(17-21)37-6)22-14-15-25-29(34(5)30(36)31(3,4)33-25)24(22)18-38-26-16-20(32)11-10-19(26)2/h10-17,33H,7-9,18H2,1-6H3. The second kappa shape index (κ2) is 11.4. The molecule has 7 nitrogen and oxygen atoms in total. The van der Waals surface area contributed by atoms with Gasteiger partial charge in [-0.1, -0.05) is 25.5 Å². The average Bonchev–Trinajstić information content (AvgIpc) is 2.90. The predicted molar refractivity (Wildman–Crippen MR) is 150 cm³/mol. The lowest BCUT2D eigenvalue weighted by atomic mass is 9.91. The minimum atomic E-state index is -0.790. The largest absolute Gasteiger partial charge is 0.496 e. The summed E-state index contributed by atoms with van der Waals surface area (Å²) in [6, 6.07) is 13.5. The van der Waals surface area contributed by atoms with Crippen LogP contribution in [0.15, 0.2) is 48.5 Å². The van der Waals surface area contributed by atoms with E-state index >= 15 is 0 Å². The smallest absolute Gasteiger partial charge is 0.311 e. The molecule has 0 aromatic heterocycles. The zero-order valence-electron chi connectivity index (χ0n) is 23.3. The average molecular weight is 535 g/mol. The Balaban J connectivity index is 1.80. The molecule has 0 saturated heterocycles. The normalized spacial score (nSPS) is 13.9. The van der Waals surface area contributed by atoms with Gasteiger partial charge in [0.2, 0.25) is 0 Å². The van der Waals surface area contributed by atoms with Gasteiger partial charge in [0.05, 0.1) is 18.5 Å². The van der Waals surface area contributed by atoms with Crippen LogP contribution in [0.5, 0.6) is 17.2 Å². The molecule has 206 valence electrons. The summed E-state index contributed by atoms with van der Waals surface area (Å²) in [7, 11) is 3.28. The fourth-order valence-corrected chi connectivity index (χ4v) is 4.77. The molecule has 0 saturated carbocycles. The van der Waals surface area contributed by atoms with Crippen LogP contribution in [0.1, 0.15) is 51.2 Å². The topological polar surface area (TPSA) is 77.1 Å². The highest BCUT2D eigenvalue weighted by molar-refractivity contribution is 6.08. The number of carbonyl (C=O) groups excluding carboxylic acids is 2. The maximum Gasteiger partial charge on any atom is 0.311 e. The summed E-state index contributed by atoms with van der Waals surface area (Å²) < 4.78 is 31.3. The van der Waals surface area contributed by atoms with Crippen molar-refractivity contribution in [3.8, 4) is 28.4 Å².